The standard InChI is InChI=1S/C25H53N.ClH/c1-5-8-11-14-17-20-23-26(24-21-18-15-12-9-6-2)25(4)22-19-16-13-10-7-3;/h25H,5-24H2,1-4H3;1H. The molecule has 27 heavy (non-hydrogen) atoms. The molecule has 0 fully saturated rings. The van der Waals surface area contributed by atoms with Crippen LogP contribution in [0.5, 0.6) is 0 Å². The lowest BCUT2D eigenvalue weighted by Gasteiger charge is -2.29. The van der Waals surface area contributed by atoms with E-state index in [-0.39, 0.29) is 12.4 Å². The topological polar surface area (TPSA) is 3.24 Å². The summed E-state index contributed by atoms with van der Waals surface area (Å²) in [6.45, 7) is 12.1. The lowest BCUT2D eigenvalue weighted by Crippen LogP contribution is -2.35. The molecule has 0 spiro atoms. The minimum atomic E-state index is 0. The van der Waals surface area contributed by atoms with Crippen molar-refractivity contribution in [2.24, 2.45) is 0 Å². The summed E-state index contributed by atoms with van der Waals surface area (Å²) in [5.74, 6) is 0. The molecule has 1 unspecified atom stereocenters. The van der Waals surface area contributed by atoms with Crippen molar-refractivity contribution in [3.8, 4) is 0 Å². The molecular weight excluding hydrogens is 350 g/mol. The Morgan fingerprint density at radius 3 is 1.22 bits per heavy atom. The van der Waals surface area contributed by atoms with Gasteiger partial charge in [-0.25, -0.2) is 0 Å². The van der Waals surface area contributed by atoms with Gasteiger partial charge in [0.2, 0.25) is 0 Å². The molecule has 166 valence electrons. The normalized spacial score (nSPS) is 12.3. The molecule has 0 saturated heterocycles. The minimum Gasteiger partial charge on any atom is -0.301 e. The molecule has 0 aromatic rings. The summed E-state index contributed by atoms with van der Waals surface area (Å²) in [7, 11) is 0. The van der Waals surface area contributed by atoms with Crippen molar-refractivity contribution in [2.45, 2.75) is 149 Å². The quantitative estimate of drug-likeness (QED) is 0.172. The Bertz CT molecular complexity index is 241. The van der Waals surface area contributed by atoms with Crippen LogP contribution in [0.3, 0.4) is 0 Å². The van der Waals surface area contributed by atoms with Crippen LogP contribution in [0.4, 0.5) is 0 Å². The van der Waals surface area contributed by atoms with Crippen LogP contribution < -0.4 is 0 Å². The maximum absolute atomic E-state index is 2.83. The average molecular weight is 404 g/mol. The molecule has 0 aromatic carbocycles. The van der Waals surface area contributed by atoms with E-state index in [0.29, 0.717) is 0 Å². The van der Waals surface area contributed by atoms with Crippen molar-refractivity contribution in [1.82, 2.24) is 4.90 Å². The second kappa shape index (κ2) is 24.3. The third-order valence-electron chi connectivity index (χ3n) is 5.95. The van der Waals surface area contributed by atoms with Gasteiger partial charge >= 0.3 is 0 Å². The van der Waals surface area contributed by atoms with Crippen molar-refractivity contribution in [1.29, 1.82) is 0 Å². The van der Waals surface area contributed by atoms with Crippen molar-refractivity contribution in [3.63, 3.8) is 0 Å². The Kier molecular flexibility index (Phi) is 26.5. The average Bonchev–Trinajstić information content (AvgIpc) is 2.65. The Morgan fingerprint density at radius 2 is 0.815 bits per heavy atom. The highest BCUT2D eigenvalue weighted by atomic mass is 35.5. The highest BCUT2D eigenvalue weighted by molar-refractivity contribution is 5.85. The molecule has 0 aromatic heterocycles. The van der Waals surface area contributed by atoms with Crippen LogP contribution >= 0.6 is 12.4 Å². The van der Waals surface area contributed by atoms with Crippen LogP contribution in [0.15, 0.2) is 0 Å². The first-order chi connectivity index (χ1) is 12.8. The van der Waals surface area contributed by atoms with Crippen LogP contribution in [0.1, 0.15) is 143 Å². The van der Waals surface area contributed by atoms with Crippen molar-refractivity contribution in [3.05, 3.63) is 0 Å². The lowest BCUT2D eigenvalue weighted by molar-refractivity contribution is 0.187. The van der Waals surface area contributed by atoms with E-state index in [2.05, 4.69) is 32.6 Å². The number of rotatable bonds is 21. The molecule has 0 aliphatic heterocycles. The first kappa shape index (κ1) is 29.5. The van der Waals surface area contributed by atoms with E-state index < -0.39 is 0 Å². The Balaban J connectivity index is 0. The molecule has 0 aliphatic carbocycles. The van der Waals surface area contributed by atoms with E-state index in [1.807, 2.05) is 0 Å². The molecule has 0 heterocycles. The van der Waals surface area contributed by atoms with Crippen LogP contribution in [-0.4, -0.2) is 24.0 Å². The predicted octanol–water partition coefficient (Wildman–Crippen LogP) is 9.18. The summed E-state index contributed by atoms with van der Waals surface area (Å²) in [4.78, 5) is 2.83. The molecule has 0 bridgehead atoms. The highest BCUT2D eigenvalue weighted by Crippen LogP contribution is 2.15. The summed E-state index contributed by atoms with van der Waals surface area (Å²) in [5, 5.41) is 0. The molecule has 0 amide bonds. The van der Waals surface area contributed by atoms with Gasteiger partial charge in [-0.3, -0.25) is 0 Å². The van der Waals surface area contributed by atoms with Crippen LogP contribution in [0.2, 0.25) is 0 Å². The number of hydrogen-bond acceptors (Lipinski definition) is 1. The monoisotopic (exact) mass is 403 g/mol. The SMILES string of the molecule is CCCCCCCCN(CCCCCCCC)C(C)CCCCCCC.Cl. The van der Waals surface area contributed by atoms with Crippen LogP contribution in [0, 0.1) is 0 Å². The largest absolute Gasteiger partial charge is 0.301 e. The van der Waals surface area contributed by atoms with Crippen molar-refractivity contribution >= 4 is 12.4 Å². The van der Waals surface area contributed by atoms with Gasteiger partial charge in [-0.2, -0.15) is 0 Å². The van der Waals surface area contributed by atoms with Gasteiger partial charge in [-0.1, -0.05) is 117 Å². The van der Waals surface area contributed by atoms with E-state index in [4.69, 9.17) is 0 Å². The maximum Gasteiger partial charge on any atom is 0.00669 e. The third kappa shape index (κ3) is 20.8. The summed E-state index contributed by atoms with van der Waals surface area (Å²) >= 11 is 0. The van der Waals surface area contributed by atoms with E-state index in [0.717, 1.165) is 6.04 Å². The van der Waals surface area contributed by atoms with E-state index >= 15 is 0 Å². The van der Waals surface area contributed by atoms with Gasteiger partial charge in [0, 0.05) is 6.04 Å². The molecule has 0 radical (unpaired) electrons. The molecule has 2 heteroatoms. The van der Waals surface area contributed by atoms with E-state index in [9.17, 15) is 0 Å². The summed E-state index contributed by atoms with van der Waals surface area (Å²) < 4.78 is 0. The smallest absolute Gasteiger partial charge is 0.00669 e. The van der Waals surface area contributed by atoms with Crippen molar-refractivity contribution < 1.29 is 0 Å². The number of nitrogens with zero attached hydrogens (tertiary/aromatic N) is 1. The van der Waals surface area contributed by atoms with Gasteiger partial charge in [0.1, 0.15) is 0 Å². The van der Waals surface area contributed by atoms with Gasteiger partial charge in [0.25, 0.3) is 0 Å². The van der Waals surface area contributed by atoms with Gasteiger partial charge in [0.15, 0.2) is 0 Å². The molecule has 0 saturated carbocycles. The minimum absolute atomic E-state index is 0. The zero-order valence-electron chi connectivity index (χ0n) is 19.6. The summed E-state index contributed by atoms with van der Waals surface area (Å²) in [6.07, 6.45) is 25.6. The number of halogens is 1. The molecule has 1 nitrogen and oxygen atoms in total. The van der Waals surface area contributed by atoms with Gasteiger partial charge in [-0.15, -0.1) is 12.4 Å². The number of hydrogen-bond donors (Lipinski definition) is 0. The molecule has 1 atom stereocenters. The highest BCUT2D eigenvalue weighted by Gasteiger charge is 2.12. The second-order valence-electron chi connectivity index (χ2n) is 8.62. The Hall–Kier alpha value is 0.250. The van der Waals surface area contributed by atoms with Crippen LogP contribution in [-0.2, 0) is 0 Å². The fraction of sp³-hybridized carbons (Fsp3) is 1.00. The van der Waals surface area contributed by atoms with E-state index in [1.54, 1.807) is 0 Å². The van der Waals surface area contributed by atoms with Gasteiger partial charge in [0.05, 0.1) is 0 Å². The fourth-order valence-corrected chi connectivity index (χ4v) is 3.97. The second-order valence-corrected chi connectivity index (χ2v) is 8.62. The third-order valence-corrected chi connectivity index (χ3v) is 5.95. The molecule has 0 N–H and O–H groups in total. The first-order valence-corrected chi connectivity index (χ1v) is 12.5. The van der Waals surface area contributed by atoms with Crippen molar-refractivity contribution in [2.75, 3.05) is 13.1 Å². The number of unbranched alkanes of at least 4 members (excludes halogenated alkanes) is 14. The maximum atomic E-state index is 2.83. The fourth-order valence-electron chi connectivity index (χ4n) is 3.97. The van der Waals surface area contributed by atoms with E-state index in [1.165, 1.54) is 129 Å². The Morgan fingerprint density at radius 1 is 0.481 bits per heavy atom. The summed E-state index contributed by atoms with van der Waals surface area (Å²) in [5.41, 5.74) is 0. The summed E-state index contributed by atoms with van der Waals surface area (Å²) in [6, 6.07) is 0.794. The molecule has 0 aliphatic rings. The van der Waals surface area contributed by atoms with Crippen LogP contribution in [0.25, 0.3) is 0 Å². The predicted molar refractivity (Wildman–Crippen MR) is 128 cm³/mol. The zero-order chi connectivity index (χ0) is 19.3. The molecular formula is C25H54ClN. The van der Waals surface area contributed by atoms with Gasteiger partial charge in [-0.05, 0) is 39.3 Å². The Labute approximate surface area is 179 Å². The lowest BCUT2D eigenvalue weighted by atomic mass is 10.0. The zero-order valence-corrected chi connectivity index (χ0v) is 20.4. The van der Waals surface area contributed by atoms with Gasteiger partial charge < -0.3 is 4.90 Å². The first-order valence-electron chi connectivity index (χ1n) is 12.5. The molecule has 0 rings (SSSR count).